The van der Waals surface area contributed by atoms with Crippen LogP contribution in [-0.2, 0) is 6.42 Å². The molecule has 1 rings (SSSR count). The summed E-state index contributed by atoms with van der Waals surface area (Å²) in [6, 6.07) is 8.09. The highest BCUT2D eigenvalue weighted by atomic mass is 127. The van der Waals surface area contributed by atoms with Gasteiger partial charge in [-0.15, -0.1) is 24.0 Å². The van der Waals surface area contributed by atoms with Crippen LogP contribution in [0, 0.1) is 0 Å². The van der Waals surface area contributed by atoms with Gasteiger partial charge in [0.1, 0.15) is 5.75 Å². The van der Waals surface area contributed by atoms with E-state index in [9.17, 15) is 0 Å². The van der Waals surface area contributed by atoms with Crippen LogP contribution in [0.2, 0.25) is 0 Å². The van der Waals surface area contributed by atoms with Gasteiger partial charge < -0.3 is 15.4 Å². The molecule has 0 atom stereocenters. The Bertz CT molecular complexity index is 447. The van der Waals surface area contributed by atoms with Crippen molar-refractivity contribution in [3.63, 3.8) is 0 Å². The predicted molar refractivity (Wildman–Crippen MR) is 101 cm³/mol. The third-order valence-corrected chi connectivity index (χ3v) is 2.94. The molecule has 0 heterocycles. The van der Waals surface area contributed by atoms with Crippen molar-refractivity contribution < 1.29 is 4.74 Å². The summed E-state index contributed by atoms with van der Waals surface area (Å²) in [6.45, 7) is 3.74. The summed E-state index contributed by atoms with van der Waals surface area (Å²) in [7, 11) is 3.49. The lowest BCUT2D eigenvalue weighted by Crippen LogP contribution is -2.38. The molecule has 0 bridgehead atoms. The molecule has 0 fully saturated rings. The van der Waals surface area contributed by atoms with Crippen LogP contribution in [0.25, 0.3) is 0 Å². The molecule has 118 valence electrons. The van der Waals surface area contributed by atoms with Gasteiger partial charge in [0, 0.05) is 20.1 Å². The average Bonchev–Trinajstić information content (AvgIpc) is 2.50. The van der Waals surface area contributed by atoms with Crippen molar-refractivity contribution in [2.24, 2.45) is 4.99 Å². The summed E-state index contributed by atoms with van der Waals surface area (Å²) in [4.78, 5) is 4.20. The molecule has 0 radical (unpaired) electrons. The van der Waals surface area contributed by atoms with Gasteiger partial charge >= 0.3 is 0 Å². The highest BCUT2D eigenvalue weighted by molar-refractivity contribution is 14.0. The van der Waals surface area contributed by atoms with E-state index < -0.39 is 0 Å². The minimum absolute atomic E-state index is 0. The highest BCUT2D eigenvalue weighted by Crippen LogP contribution is 2.17. The molecule has 0 unspecified atom stereocenters. The van der Waals surface area contributed by atoms with E-state index in [-0.39, 0.29) is 24.0 Å². The van der Waals surface area contributed by atoms with Crippen LogP contribution in [0.15, 0.2) is 41.4 Å². The van der Waals surface area contributed by atoms with Crippen LogP contribution in [0.1, 0.15) is 18.9 Å². The fourth-order valence-electron chi connectivity index (χ4n) is 1.89. The fraction of sp³-hybridized carbons (Fsp3) is 0.438. The maximum atomic E-state index is 5.34. The summed E-state index contributed by atoms with van der Waals surface area (Å²) < 4.78 is 5.34. The first kappa shape index (κ1) is 19.8. The Morgan fingerprint density at radius 1 is 1.24 bits per heavy atom. The van der Waals surface area contributed by atoms with Crippen LogP contribution in [0.4, 0.5) is 0 Å². The summed E-state index contributed by atoms with van der Waals surface area (Å²) in [5.41, 5.74) is 1.20. The number of para-hydroxylation sites is 1. The Kier molecular flexibility index (Phi) is 11.8. The molecular formula is C16H26IN3O. The molecule has 0 aliphatic heterocycles. The van der Waals surface area contributed by atoms with Crippen LogP contribution in [0.3, 0.4) is 0 Å². The molecule has 0 saturated heterocycles. The number of hydrogen-bond acceptors (Lipinski definition) is 2. The number of allylic oxidation sites excluding steroid dienone is 1. The number of ether oxygens (including phenoxy) is 1. The molecular weight excluding hydrogens is 377 g/mol. The smallest absolute Gasteiger partial charge is 0.190 e. The Morgan fingerprint density at radius 3 is 2.62 bits per heavy atom. The summed E-state index contributed by atoms with van der Waals surface area (Å²) >= 11 is 0. The van der Waals surface area contributed by atoms with Gasteiger partial charge in [0.15, 0.2) is 5.96 Å². The number of hydrogen-bond donors (Lipinski definition) is 2. The summed E-state index contributed by atoms with van der Waals surface area (Å²) in [5, 5.41) is 6.58. The van der Waals surface area contributed by atoms with Crippen molar-refractivity contribution in [3.05, 3.63) is 42.0 Å². The standard InChI is InChI=1S/C16H25N3O.HI/c1-4-5-8-12-18-16(17-2)19-13-11-14-9-6-7-10-15(14)20-3;/h4-7,9-10H,8,11-13H2,1-3H3,(H2,17,18,19);1H/b5-4+;. The second kappa shape index (κ2) is 12.5. The fourth-order valence-corrected chi connectivity index (χ4v) is 1.89. The maximum absolute atomic E-state index is 5.34. The van der Waals surface area contributed by atoms with Crippen LogP contribution in [0.5, 0.6) is 5.75 Å². The molecule has 0 spiro atoms. The van der Waals surface area contributed by atoms with Gasteiger partial charge in [-0.25, -0.2) is 0 Å². The van der Waals surface area contributed by atoms with Crippen LogP contribution in [-0.4, -0.2) is 33.2 Å². The molecule has 0 aromatic heterocycles. The molecule has 0 saturated carbocycles. The molecule has 0 aliphatic carbocycles. The zero-order valence-corrected chi connectivity index (χ0v) is 15.4. The Balaban J connectivity index is 0.00000400. The number of nitrogens with one attached hydrogen (secondary N) is 2. The molecule has 0 amide bonds. The van der Waals surface area contributed by atoms with Crippen molar-refractivity contribution in [1.82, 2.24) is 10.6 Å². The summed E-state index contributed by atoms with van der Waals surface area (Å²) in [6.07, 6.45) is 6.10. The van der Waals surface area contributed by atoms with Crippen molar-refractivity contribution in [3.8, 4) is 5.75 Å². The zero-order valence-electron chi connectivity index (χ0n) is 13.1. The van der Waals surface area contributed by atoms with E-state index in [1.165, 1.54) is 5.56 Å². The number of halogens is 1. The van der Waals surface area contributed by atoms with Gasteiger partial charge in [-0.3, -0.25) is 4.99 Å². The van der Waals surface area contributed by atoms with E-state index in [2.05, 4.69) is 33.8 Å². The first-order valence-corrected chi connectivity index (χ1v) is 6.99. The Hall–Kier alpha value is -1.24. The van der Waals surface area contributed by atoms with Gasteiger partial charge in [-0.2, -0.15) is 0 Å². The monoisotopic (exact) mass is 403 g/mol. The number of aliphatic imine (C=N–C) groups is 1. The molecule has 4 nitrogen and oxygen atoms in total. The number of guanidine groups is 1. The van der Waals surface area contributed by atoms with Gasteiger partial charge in [0.05, 0.1) is 7.11 Å². The molecule has 2 N–H and O–H groups in total. The lowest BCUT2D eigenvalue weighted by molar-refractivity contribution is 0.409. The Labute approximate surface area is 145 Å². The first-order valence-electron chi connectivity index (χ1n) is 6.99. The van der Waals surface area contributed by atoms with E-state index in [0.29, 0.717) is 0 Å². The normalized spacial score (nSPS) is 11.1. The van der Waals surface area contributed by atoms with Crippen molar-refractivity contribution in [1.29, 1.82) is 0 Å². The topological polar surface area (TPSA) is 45.7 Å². The molecule has 1 aromatic carbocycles. The third-order valence-electron chi connectivity index (χ3n) is 2.94. The number of nitrogens with zero attached hydrogens (tertiary/aromatic N) is 1. The van der Waals surface area contributed by atoms with Gasteiger partial charge in [-0.1, -0.05) is 30.4 Å². The third kappa shape index (κ3) is 7.94. The van der Waals surface area contributed by atoms with Gasteiger partial charge in [-0.05, 0) is 31.4 Å². The lowest BCUT2D eigenvalue weighted by atomic mass is 10.1. The quantitative estimate of drug-likeness (QED) is 0.242. The van der Waals surface area contributed by atoms with Gasteiger partial charge in [0.25, 0.3) is 0 Å². The molecule has 21 heavy (non-hydrogen) atoms. The van der Waals surface area contributed by atoms with Crippen LogP contribution < -0.4 is 15.4 Å². The van der Waals surface area contributed by atoms with E-state index in [0.717, 1.165) is 37.6 Å². The van der Waals surface area contributed by atoms with Crippen molar-refractivity contribution in [2.75, 3.05) is 27.2 Å². The molecule has 1 aromatic rings. The second-order valence-corrected chi connectivity index (χ2v) is 4.35. The number of benzene rings is 1. The van der Waals surface area contributed by atoms with Crippen molar-refractivity contribution >= 4 is 29.9 Å². The number of rotatable bonds is 7. The minimum Gasteiger partial charge on any atom is -0.496 e. The predicted octanol–water partition coefficient (Wildman–Crippen LogP) is 2.99. The average molecular weight is 403 g/mol. The first-order chi connectivity index (χ1) is 9.81. The SMILES string of the molecule is C/C=C/CCNC(=NC)NCCc1ccccc1OC.I. The van der Waals surface area contributed by atoms with Crippen LogP contribution >= 0.6 is 24.0 Å². The van der Waals surface area contributed by atoms with Gasteiger partial charge in [0.2, 0.25) is 0 Å². The minimum atomic E-state index is 0. The number of methoxy groups -OCH3 is 1. The van der Waals surface area contributed by atoms with E-state index in [1.807, 2.05) is 25.1 Å². The molecule has 0 aliphatic rings. The largest absolute Gasteiger partial charge is 0.496 e. The maximum Gasteiger partial charge on any atom is 0.190 e. The Morgan fingerprint density at radius 2 is 1.95 bits per heavy atom. The van der Waals surface area contributed by atoms with E-state index in [4.69, 9.17) is 4.74 Å². The van der Waals surface area contributed by atoms with E-state index in [1.54, 1.807) is 14.2 Å². The molecule has 5 heteroatoms. The van der Waals surface area contributed by atoms with Crippen molar-refractivity contribution in [2.45, 2.75) is 19.8 Å². The lowest BCUT2D eigenvalue weighted by Gasteiger charge is -2.12. The summed E-state index contributed by atoms with van der Waals surface area (Å²) in [5.74, 6) is 1.77. The highest BCUT2D eigenvalue weighted by Gasteiger charge is 2.02. The van der Waals surface area contributed by atoms with E-state index >= 15 is 0 Å². The zero-order chi connectivity index (χ0) is 14.6. The second-order valence-electron chi connectivity index (χ2n) is 4.35.